The molecule has 5 nitrogen and oxygen atoms in total. The Labute approximate surface area is 165 Å². The van der Waals surface area contributed by atoms with Crippen molar-refractivity contribution >= 4 is 34.1 Å². The lowest BCUT2D eigenvalue weighted by atomic mass is 9.90. The maximum absolute atomic E-state index is 12.9. The molecule has 0 saturated carbocycles. The number of aryl methyl sites for hydroxylation is 3. The lowest BCUT2D eigenvalue weighted by Gasteiger charge is -2.24. The van der Waals surface area contributed by atoms with Crippen LogP contribution in [-0.4, -0.2) is 16.8 Å². The maximum Gasteiger partial charge on any atom is 0.239 e. The molecule has 1 heterocycles. The minimum Gasteiger partial charge on any atom is -0.325 e. The first-order valence-electron chi connectivity index (χ1n) is 9.24. The van der Waals surface area contributed by atoms with E-state index in [1.807, 2.05) is 57.2 Å². The third-order valence-corrected chi connectivity index (χ3v) is 4.93. The lowest BCUT2D eigenvalue weighted by Crippen LogP contribution is -2.41. The summed E-state index contributed by atoms with van der Waals surface area (Å²) in [5, 5.41) is 6.73. The van der Waals surface area contributed by atoms with Crippen molar-refractivity contribution in [1.82, 2.24) is 4.98 Å². The molecular formula is C23H25N3O2. The Bertz CT molecular complexity index is 1040. The summed E-state index contributed by atoms with van der Waals surface area (Å²) in [5.41, 5.74) is 3.85. The second-order valence-electron chi connectivity index (χ2n) is 7.69. The number of fused-ring (bicyclic) bond motifs is 1. The highest BCUT2D eigenvalue weighted by molar-refractivity contribution is 6.15. The Morgan fingerprint density at radius 1 is 0.893 bits per heavy atom. The van der Waals surface area contributed by atoms with E-state index in [0.717, 1.165) is 27.8 Å². The Morgan fingerprint density at radius 2 is 1.50 bits per heavy atom. The van der Waals surface area contributed by atoms with Crippen molar-refractivity contribution in [2.45, 2.75) is 34.6 Å². The summed E-state index contributed by atoms with van der Waals surface area (Å²) < 4.78 is 0. The zero-order valence-corrected chi connectivity index (χ0v) is 16.9. The number of carbonyl (C=O) groups is 2. The molecule has 0 saturated heterocycles. The molecule has 144 valence electrons. The van der Waals surface area contributed by atoms with Crippen LogP contribution in [0.15, 0.2) is 48.7 Å². The van der Waals surface area contributed by atoms with Gasteiger partial charge in [-0.3, -0.25) is 14.6 Å². The maximum atomic E-state index is 12.9. The normalized spacial score (nSPS) is 11.3. The van der Waals surface area contributed by atoms with Crippen molar-refractivity contribution < 1.29 is 9.59 Å². The molecule has 0 aliphatic heterocycles. The second kappa shape index (κ2) is 7.43. The topological polar surface area (TPSA) is 71.1 Å². The number of hydrogen-bond donors (Lipinski definition) is 2. The first-order chi connectivity index (χ1) is 13.2. The number of nitrogens with one attached hydrogen (secondary N) is 2. The molecule has 1 aromatic heterocycles. The number of aromatic nitrogens is 1. The number of anilines is 2. The van der Waals surface area contributed by atoms with Gasteiger partial charge in [-0.15, -0.1) is 0 Å². The highest BCUT2D eigenvalue weighted by Gasteiger charge is 2.36. The van der Waals surface area contributed by atoms with Crippen molar-refractivity contribution in [3.8, 4) is 0 Å². The summed E-state index contributed by atoms with van der Waals surface area (Å²) in [6.45, 7) is 9.15. The summed E-state index contributed by atoms with van der Waals surface area (Å²) in [4.78, 5) is 30.2. The van der Waals surface area contributed by atoms with Gasteiger partial charge in [-0.25, -0.2) is 0 Å². The van der Waals surface area contributed by atoms with Crippen LogP contribution in [-0.2, 0) is 9.59 Å². The smallest absolute Gasteiger partial charge is 0.239 e. The molecule has 0 bridgehead atoms. The van der Waals surface area contributed by atoms with E-state index < -0.39 is 5.41 Å². The van der Waals surface area contributed by atoms with Gasteiger partial charge in [-0.05, 0) is 57.9 Å². The predicted molar refractivity (Wildman–Crippen MR) is 113 cm³/mol. The van der Waals surface area contributed by atoms with Crippen LogP contribution in [0, 0.1) is 26.2 Å². The van der Waals surface area contributed by atoms with Gasteiger partial charge in [0, 0.05) is 17.3 Å². The van der Waals surface area contributed by atoms with E-state index in [9.17, 15) is 9.59 Å². The standard InChI is InChI=1S/C23H25N3O2/c1-14-12-15(2)19(16(3)13-14)26-22(28)23(4,5)21(27)25-18-10-6-8-17-9-7-11-24-20(17)18/h6-13H,1-5H3,(H,25,27)(H,26,28). The minimum absolute atomic E-state index is 0.353. The first-order valence-corrected chi connectivity index (χ1v) is 9.24. The number of benzene rings is 2. The third-order valence-electron chi connectivity index (χ3n) is 4.93. The first kappa shape index (κ1) is 19.5. The number of para-hydroxylation sites is 1. The van der Waals surface area contributed by atoms with Crippen LogP contribution >= 0.6 is 0 Å². The van der Waals surface area contributed by atoms with Crippen LogP contribution in [0.3, 0.4) is 0 Å². The fourth-order valence-corrected chi connectivity index (χ4v) is 3.23. The van der Waals surface area contributed by atoms with E-state index in [1.54, 1.807) is 26.1 Å². The van der Waals surface area contributed by atoms with E-state index in [0.29, 0.717) is 11.2 Å². The fraction of sp³-hybridized carbons (Fsp3) is 0.261. The Morgan fingerprint density at radius 3 is 2.18 bits per heavy atom. The summed E-state index contributed by atoms with van der Waals surface area (Å²) >= 11 is 0. The number of rotatable bonds is 4. The van der Waals surface area contributed by atoms with Crippen LogP contribution in [0.2, 0.25) is 0 Å². The molecule has 28 heavy (non-hydrogen) atoms. The van der Waals surface area contributed by atoms with Gasteiger partial charge in [-0.1, -0.05) is 35.9 Å². The van der Waals surface area contributed by atoms with Crippen LogP contribution < -0.4 is 10.6 Å². The SMILES string of the molecule is Cc1cc(C)c(NC(=O)C(C)(C)C(=O)Nc2cccc3cccnc23)c(C)c1. The average Bonchev–Trinajstić information content (AvgIpc) is 2.64. The van der Waals surface area contributed by atoms with Gasteiger partial charge >= 0.3 is 0 Å². The van der Waals surface area contributed by atoms with Crippen LogP contribution in [0.1, 0.15) is 30.5 Å². The Balaban J connectivity index is 1.83. The molecule has 3 rings (SSSR count). The van der Waals surface area contributed by atoms with Gasteiger partial charge < -0.3 is 10.6 Å². The average molecular weight is 375 g/mol. The molecule has 0 radical (unpaired) electrons. The van der Waals surface area contributed by atoms with Gasteiger partial charge in [0.15, 0.2) is 0 Å². The van der Waals surface area contributed by atoms with E-state index in [4.69, 9.17) is 0 Å². The molecule has 2 amide bonds. The number of hydrogen-bond acceptors (Lipinski definition) is 3. The van der Waals surface area contributed by atoms with Gasteiger partial charge in [0.05, 0.1) is 11.2 Å². The Kier molecular flexibility index (Phi) is 5.18. The van der Waals surface area contributed by atoms with Gasteiger partial charge in [0.1, 0.15) is 5.41 Å². The van der Waals surface area contributed by atoms with Crippen LogP contribution in [0.4, 0.5) is 11.4 Å². The molecule has 0 aliphatic carbocycles. The monoisotopic (exact) mass is 375 g/mol. The van der Waals surface area contributed by atoms with Crippen molar-refractivity contribution in [2.75, 3.05) is 10.6 Å². The summed E-state index contributed by atoms with van der Waals surface area (Å²) in [7, 11) is 0. The van der Waals surface area contributed by atoms with Gasteiger partial charge in [-0.2, -0.15) is 0 Å². The molecule has 0 aliphatic rings. The molecule has 0 spiro atoms. The van der Waals surface area contributed by atoms with E-state index in [2.05, 4.69) is 15.6 Å². The van der Waals surface area contributed by atoms with Crippen LogP contribution in [0.25, 0.3) is 10.9 Å². The molecule has 5 heteroatoms. The predicted octanol–water partition coefficient (Wildman–Crippen LogP) is 4.76. The van der Waals surface area contributed by atoms with E-state index in [1.165, 1.54) is 0 Å². The Hall–Kier alpha value is -3.21. The number of pyridine rings is 1. The number of amides is 2. The summed E-state index contributed by atoms with van der Waals surface area (Å²) in [6, 6.07) is 13.4. The second-order valence-corrected chi connectivity index (χ2v) is 7.69. The molecule has 0 unspecified atom stereocenters. The molecule has 3 aromatic rings. The molecule has 0 fully saturated rings. The lowest BCUT2D eigenvalue weighted by molar-refractivity contribution is -0.135. The number of carbonyl (C=O) groups excluding carboxylic acids is 2. The van der Waals surface area contributed by atoms with Gasteiger partial charge in [0.25, 0.3) is 0 Å². The van der Waals surface area contributed by atoms with Crippen molar-refractivity contribution in [3.63, 3.8) is 0 Å². The molecule has 2 aromatic carbocycles. The zero-order chi connectivity index (χ0) is 20.5. The highest BCUT2D eigenvalue weighted by atomic mass is 16.2. The zero-order valence-electron chi connectivity index (χ0n) is 16.9. The number of nitrogens with zero attached hydrogens (tertiary/aromatic N) is 1. The van der Waals surface area contributed by atoms with Crippen LogP contribution in [0.5, 0.6) is 0 Å². The summed E-state index contributed by atoms with van der Waals surface area (Å²) in [5.74, 6) is -0.737. The van der Waals surface area contributed by atoms with Crippen molar-refractivity contribution in [2.24, 2.45) is 5.41 Å². The highest BCUT2D eigenvalue weighted by Crippen LogP contribution is 2.27. The van der Waals surface area contributed by atoms with E-state index in [-0.39, 0.29) is 11.8 Å². The molecular weight excluding hydrogens is 350 g/mol. The van der Waals surface area contributed by atoms with Crippen molar-refractivity contribution in [1.29, 1.82) is 0 Å². The quantitative estimate of drug-likeness (QED) is 0.646. The minimum atomic E-state index is -1.26. The molecule has 0 atom stereocenters. The molecule has 2 N–H and O–H groups in total. The fourth-order valence-electron chi connectivity index (χ4n) is 3.23. The largest absolute Gasteiger partial charge is 0.325 e. The van der Waals surface area contributed by atoms with Crippen molar-refractivity contribution in [3.05, 3.63) is 65.4 Å². The van der Waals surface area contributed by atoms with E-state index >= 15 is 0 Å². The summed E-state index contributed by atoms with van der Waals surface area (Å²) in [6.07, 6.45) is 1.68. The van der Waals surface area contributed by atoms with Gasteiger partial charge in [0.2, 0.25) is 11.8 Å². The third kappa shape index (κ3) is 3.74.